The Hall–Kier alpha value is -1.88. The van der Waals surface area contributed by atoms with Crippen molar-refractivity contribution in [3.8, 4) is 11.5 Å². The van der Waals surface area contributed by atoms with Gasteiger partial charge in [-0.05, 0) is 31.5 Å². The van der Waals surface area contributed by atoms with Crippen molar-refractivity contribution in [1.82, 2.24) is 9.78 Å². The number of rotatable bonds is 6. The highest BCUT2D eigenvalue weighted by molar-refractivity contribution is 5.38. The average molecular weight is 263 g/mol. The van der Waals surface area contributed by atoms with Crippen molar-refractivity contribution in [3.63, 3.8) is 0 Å². The predicted octanol–water partition coefficient (Wildman–Crippen LogP) is 2.73. The average Bonchev–Trinajstić information content (AvgIpc) is 2.82. The fourth-order valence-corrected chi connectivity index (χ4v) is 1.90. The Labute approximate surface area is 112 Å². The van der Waals surface area contributed by atoms with Gasteiger partial charge in [0.1, 0.15) is 11.6 Å². The van der Waals surface area contributed by atoms with Gasteiger partial charge in [-0.2, -0.15) is 5.10 Å². The van der Waals surface area contributed by atoms with E-state index in [9.17, 15) is 4.39 Å². The molecule has 2 aromatic rings. The van der Waals surface area contributed by atoms with E-state index in [1.54, 1.807) is 29.2 Å². The third-order valence-corrected chi connectivity index (χ3v) is 2.76. The highest BCUT2D eigenvalue weighted by Crippen LogP contribution is 2.27. The van der Waals surface area contributed by atoms with E-state index in [0.717, 1.165) is 13.0 Å². The van der Waals surface area contributed by atoms with Gasteiger partial charge in [0.15, 0.2) is 5.75 Å². The quantitative estimate of drug-likeness (QED) is 0.871. The molecule has 0 aliphatic carbocycles. The smallest absolute Gasteiger partial charge is 0.165 e. The molecule has 0 aliphatic heterocycles. The lowest BCUT2D eigenvalue weighted by Gasteiger charge is -2.09. The summed E-state index contributed by atoms with van der Waals surface area (Å²) in [6.45, 7) is 3.29. The van der Waals surface area contributed by atoms with Crippen molar-refractivity contribution in [3.05, 3.63) is 42.0 Å². The maximum Gasteiger partial charge on any atom is 0.165 e. The molecule has 2 N–H and O–H groups in total. The fourth-order valence-electron chi connectivity index (χ4n) is 1.90. The molecule has 0 amide bonds. The number of benzene rings is 1. The Balaban J connectivity index is 2.19. The molecule has 0 bridgehead atoms. The van der Waals surface area contributed by atoms with Crippen LogP contribution in [0.4, 0.5) is 4.39 Å². The van der Waals surface area contributed by atoms with E-state index in [4.69, 9.17) is 10.5 Å². The summed E-state index contributed by atoms with van der Waals surface area (Å²) in [5.74, 6) is 0.822. The third kappa shape index (κ3) is 3.32. The van der Waals surface area contributed by atoms with Gasteiger partial charge in [0, 0.05) is 12.1 Å². The number of nitrogens with two attached hydrogens (primary N) is 1. The zero-order valence-corrected chi connectivity index (χ0v) is 11.0. The summed E-state index contributed by atoms with van der Waals surface area (Å²) in [7, 11) is 0. The summed E-state index contributed by atoms with van der Waals surface area (Å²) in [4.78, 5) is 0. The van der Waals surface area contributed by atoms with Gasteiger partial charge >= 0.3 is 0 Å². The van der Waals surface area contributed by atoms with Crippen molar-refractivity contribution in [2.75, 3.05) is 6.54 Å². The summed E-state index contributed by atoms with van der Waals surface area (Å²) < 4.78 is 21.2. The number of nitrogens with zero attached hydrogens (tertiary/aromatic N) is 2. The minimum atomic E-state index is -0.288. The number of hydrogen-bond donors (Lipinski definition) is 1. The molecule has 0 saturated carbocycles. The molecular weight excluding hydrogens is 245 g/mol. The van der Waals surface area contributed by atoms with Crippen LogP contribution in [0.25, 0.3) is 0 Å². The summed E-state index contributed by atoms with van der Waals surface area (Å²) in [5.41, 5.74) is 6.00. The monoisotopic (exact) mass is 263 g/mol. The molecule has 2 rings (SSSR count). The Morgan fingerprint density at radius 1 is 1.42 bits per heavy atom. The molecule has 0 saturated heterocycles. The van der Waals surface area contributed by atoms with Gasteiger partial charge in [-0.3, -0.25) is 4.68 Å². The van der Waals surface area contributed by atoms with E-state index in [1.165, 1.54) is 6.07 Å². The van der Waals surface area contributed by atoms with Crippen LogP contribution in [-0.2, 0) is 13.0 Å². The van der Waals surface area contributed by atoms with Crippen molar-refractivity contribution >= 4 is 0 Å². The first-order valence-electron chi connectivity index (χ1n) is 6.42. The number of aromatic nitrogens is 2. The SMILES string of the molecule is CCCn1cc(Oc2cccc(F)c2CCN)cn1. The highest BCUT2D eigenvalue weighted by Gasteiger charge is 2.10. The van der Waals surface area contributed by atoms with Crippen LogP contribution in [0.2, 0.25) is 0 Å². The minimum absolute atomic E-state index is 0.288. The van der Waals surface area contributed by atoms with Crippen LogP contribution in [0.1, 0.15) is 18.9 Å². The lowest BCUT2D eigenvalue weighted by molar-refractivity contribution is 0.465. The normalized spacial score (nSPS) is 10.7. The molecule has 4 nitrogen and oxygen atoms in total. The molecule has 102 valence electrons. The van der Waals surface area contributed by atoms with Crippen LogP contribution < -0.4 is 10.5 Å². The maximum absolute atomic E-state index is 13.7. The van der Waals surface area contributed by atoms with E-state index in [2.05, 4.69) is 12.0 Å². The first-order valence-corrected chi connectivity index (χ1v) is 6.42. The Morgan fingerprint density at radius 3 is 3.00 bits per heavy atom. The minimum Gasteiger partial charge on any atom is -0.454 e. The first kappa shape index (κ1) is 13.5. The van der Waals surface area contributed by atoms with Gasteiger partial charge in [-0.1, -0.05) is 13.0 Å². The molecule has 0 aliphatic rings. The van der Waals surface area contributed by atoms with Crippen LogP contribution in [0, 0.1) is 5.82 Å². The van der Waals surface area contributed by atoms with Gasteiger partial charge < -0.3 is 10.5 Å². The summed E-state index contributed by atoms with van der Waals surface area (Å²) >= 11 is 0. The molecule has 0 atom stereocenters. The largest absolute Gasteiger partial charge is 0.454 e. The van der Waals surface area contributed by atoms with Crippen LogP contribution in [0.15, 0.2) is 30.6 Å². The molecular formula is C14H18FN3O. The van der Waals surface area contributed by atoms with E-state index in [1.807, 2.05) is 0 Å². The molecule has 1 aromatic heterocycles. The Morgan fingerprint density at radius 2 is 2.26 bits per heavy atom. The number of aryl methyl sites for hydroxylation is 1. The lowest BCUT2D eigenvalue weighted by Crippen LogP contribution is -2.06. The first-order chi connectivity index (χ1) is 9.24. The lowest BCUT2D eigenvalue weighted by atomic mass is 10.1. The van der Waals surface area contributed by atoms with Crippen molar-refractivity contribution in [2.24, 2.45) is 5.73 Å². The van der Waals surface area contributed by atoms with Crippen LogP contribution in [-0.4, -0.2) is 16.3 Å². The van der Waals surface area contributed by atoms with Gasteiger partial charge in [-0.15, -0.1) is 0 Å². The second-order valence-electron chi connectivity index (χ2n) is 4.30. The van der Waals surface area contributed by atoms with Crippen molar-refractivity contribution in [1.29, 1.82) is 0 Å². The maximum atomic E-state index is 13.7. The number of hydrogen-bond acceptors (Lipinski definition) is 3. The molecule has 0 spiro atoms. The van der Waals surface area contributed by atoms with E-state index in [-0.39, 0.29) is 5.82 Å². The second kappa shape index (κ2) is 6.33. The van der Waals surface area contributed by atoms with Gasteiger partial charge in [0.05, 0.1) is 12.4 Å². The Kier molecular flexibility index (Phi) is 4.52. The molecule has 0 unspecified atom stereocenters. The second-order valence-corrected chi connectivity index (χ2v) is 4.30. The zero-order chi connectivity index (χ0) is 13.7. The highest BCUT2D eigenvalue weighted by atomic mass is 19.1. The molecule has 0 radical (unpaired) electrons. The fraction of sp³-hybridized carbons (Fsp3) is 0.357. The van der Waals surface area contributed by atoms with Gasteiger partial charge in [0.25, 0.3) is 0 Å². The number of ether oxygens (including phenoxy) is 1. The standard InChI is InChI=1S/C14H18FN3O/c1-2-8-18-10-11(9-17-18)19-14-5-3-4-13(15)12(14)6-7-16/h3-5,9-10H,2,6-8,16H2,1H3. The zero-order valence-electron chi connectivity index (χ0n) is 11.0. The van der Waals surface area contributed by atoms with Crippen LogP contribution >= 0.6 is 0 Å². The van der Waals surface area contributed by atoms with Gasteiger partial charge in [0.2, 0.25) is 0 Å². The predicted molar refractivity (Wildman–Crippen MR) is 71.8 cm³/mol. The summed E-state index contributed by atoms with van der Waals surface area (Å²) in [6.07, 6.45) is 4.89. The van der Waals surface area contributed by atoms with E-state index >= 15 is 0 Å². The molecule has 1 heterocycles. The van der Waals surface area contributed by atoms with Crippen LogP contribution in [0.5, 0.6) is 11.5 Å². The third-order valence-electron chi connectivity index (χ3n) is 2.76. The Bertz CT molecular complexity index is 539. The van der Waals surface area contributed by atoms with E-state index in [0.29, 0.717) is 30.0 Å². The van der Waals surface area contributed by atoms with Crippen LogP contribution in [0.3, 0.4) is 0 Å². The van der Waals surface area contributed by atoms with Crippen molar-refractivity contribution in [2.45, 2.75) is 26.3 Å². The summed E-state index contributed by atoms with van der Waals surface area (Å²) in [5, 5.41) is 4.17. The molecule has 5 heteroatoms. The van der Waals surface area contributed by atoms with Gasteiger partial charge in [-0.25, -0.2) is 4.39 Å². The molecule has 19 heavy (non-hydrogen) atoms. The molecule has 0 fully saturated rings. The molecule has 1 aromatic carbocycles. The summed E-state index contributed by atoms with van der Waals surface area (Å²) in [6, 6.07) is 4.78. The van der Waals surface area contributed by atoms with Crippen molar-refractivity contribution < 1.29 is 9.13 Å². The number of halogens is 1. The topological polar surface area (TPSA) is 53.1 Å². The van der Waals surface area contributed by atoms with E-state index < -0.39 is 0 Å².